The van der Waals surface area contributed by atoms with Gasteiger partial charge in [-0.3, -0.25) is 4.79 Å². The fourth-order valence-electron chi connectivity index (χ4n) is 3.29. The fourth-order valence-corrected chi connectivity index (χ4v) is 3.29. The Balaban J connectivity index is 1.60. The first-order valence-corrected chi connectivity index (χ1v) is 9.77. The van der Waals surface area contributed by atoms with Crippen molar-refractivity contribution < 1.29 is 19.2 Å². The third-order valence-corrected chi connectivity index (χ3v) is 5.44. The molecule has 2 aromatic rings. The van der Waals surface area contributed by atoms with Crippen LogP contribution in [0.4, 0.5) is 0 Å². The summed E-state index contributed by atoms with van der Waals surface area (Å²) in [5.41, 5.74) is -1.15. The Morgan fingerprint density at radius 2 is 2.11 bits per heavy atom. The van der Waals surface area contributed by atoms with Crippen LogP contribution in [0.5, 0.6) is 5.88 Å². The van der Waals surface area contributed by atoms with Gasteiger partial charge in [-0.05, 0) is 57.9 Å². The molecule has 0 bridgehead atoms. The summed E-state index contributed by atoms with van der Waals surface area (Å²) >= 11 is 0. The molecule has 2 fully saturated rings. The maximum absolute atomic E-state index is 13.1. The van der Waals surface area contributed by atoms with E-state index < -0.39 is 17.0 Å². The number of carbonyl (C=O) groups is 1. The number of aryl methyl sites for hydroxylation is 1. The third-order valence-electron chi connectivity index (χ3n) is 5.44. The molecular weight excluding hydrogens is 360 g/mol. The lowest BCUT2D eigenvalue weighted by Gasteiger charge is -2.38. The molecule has 0 aliphatic heterocycles. The molecule has 0 unspecified atom stereocenters. The Morgan fingerprint density at radius 3 is 2.68 bits per heavy atom. The summed E-state index contributed by atoms with van der Waals surface area (Å²) in [7, 11) is 0. The summed E-state index contributed by atoms with van der Waals surface area (Å²) in [6.45, 7) is 5.88. The van der Waals surface area contributed by atoms with Crippen LogP contribution in [-0.4, -0.2) is 32.7 Å². The van der Waals surface area contributed by atoms with Crippen molar-refractivity contribution in [1.82, 2.24) is 20.4 Å². The molecule has 2 heterocycles. The van der Waals surface area contributed by atoms with Gasteiger partial charge in [-0.15, -0.1) is 0 Å². The van der Waals surface area contributed by atoms with E-state index in [1.165, 1.54) is 12.8 Å². The maximum Gasteiger partial charge on any atom is 0.271 e. The van der Waals surface area contributed by atoms with Crippen molar-refractivity contribution in [2.45, 2.75) is 64.0 Å². The first-order chi connectivity index (χ1) is 13.3. The predicted molar refractivity (Wildman–Crippen MR) is 99.7 cm³/mol. The molecule has 0 saturated heterocycles. The van der Waals surface area contributed by atoms with Gasteiger partial charge in [0.05, 0.1) is 17.7 Å². The minimum absolute atomic E-state index is 0.184. The highest BCUT2D eigenvalue weighted by Gasteiger charge is 2.41. The fraction of sp³-hybridized carbons (Fsp3) is 0.600. The topological polar surface area (TPSA) is 110 Å². The molecule has 2 aromatic heterocycles. The molecule has 1 amide bonds. The molecule has 2 aliphatic rings. The van der Waals surface area contributed by atoms with Crippen molar-refractivity contribution in [2.24, 2.45) is 5.92 Å². The number of pyridine rings is 1. The molecule has 0 atom stereocenters. The number of rotatable bonds is 7. The van der Waals surface area contributed by atoms with Crippen molar-refractivity contribution >= 4 is 5.91 Å². The Morgan fingerprint density at radius 1 is 1.36 bits per heavy atom. The van der Waals surface area contributed by atoms with Crippen molar-refractivity contribution in [1.29, 1.82) is 0 Å². The van der Waals surface area contributed by atoms with Gasteiger partial charge in [0.15, 0.2) is 5.82 Å². The van der Waals surface area contributed by atoms with E-state index in [0.717, 1.165) is 6.42 Å². The van der Waals surface area contributed by atoms with Crippen LogP contribution in [-0.2, 0) is 11.1 Å². The number of nitrogens with one attached hydrogen (secondary N) is 1. The molecule has 28 heavy (non-hydrogen) atoms. The zero-order valence-corrected chi connectivity index (χ0v) is 16.5. The Hall–Kier alpha value is -2.48. The second kappa shape index (κ2) is 6.84. The Kier molecular flexibility index (Phi) is 4.61. The maximum atomic E-state index is 13.1. The number of carbonyl (C=O) groups excluding carboxylic acids is 1. The summed E-state index contributed by atoms with van der Waals surface area (Å²) in [6.07, 6.45) is 4.49. The van der Waals surface area contributed by atoms with Gasteiger partial charge in [-0.1, -0.05) is 5.16 Å². The summed E-state index contributed by atoms with van der Waals surface area (Å²) < 4.78 is 10.8. The molecule has 150 valence electrons. The normalized spacial score (nSPS) is 18.4. The smallest absolute Gasteiger partial charge is 0.271 e. The van der Waals surface area contributed by atoms with E-state index in [1.54, 1.807) is 32.9 Å². The summed E-state index contributed by atoms with van der Waals surface area (Å²) in [4.78, 5) is 21.8. The molecule has 2 N–H and O–H groups in total. The standard InChI is InChI=1S/C20H26N4O4/c1-12-21-18(24-28-12)19(2,3)23-17(25)16-14(20(26)9-4-10-20)7-8-15(22-16)27-11-13-5-6-13/h7-8,13,26H,4-6,9-11H2,1-3H3,(H,23,25). The Labute approximate surface area is 163 Å². The summed E-state index contributed by atoms with van der Waals surface area (Å²) in [5.74, 6) is 1.38. The van der Waals surface area contributed by atoms with Crippen molar-refractivity contribution in [3.63, 3.8) is 0 Å². The molecular formula is C20H26N4O4. The number of hydrogen-bond donors (Lipinski definition) is 2. The number of nitrogens with zero attached hydrogens (tertiary/aromatic N) is 3. The highest BCUT2D eigenvalue weighted by atomic mass is 16.5. The lowest BCUT2D eigenvalue weighted by Crippen LogP contribution is -2.44. The third kappa shape index (κ3) is 3.73. The SMILES string of the molecule is Cc1nc(C(C)(C)NC(=O)c2nc(OCC3CC3)ccc2C2(O)CCC2)no1. The van der Waals surface area contributed by atoms with Crippen LogP contribution in [0.15, 0.2) is 16.7 Å². The molecule has 0 aromatic carbocycles. The molecule has 2 saturated carbocycles. The zero-order valence-electron chi connectivity index (χ0n) is 16.5. The van der Waals surface area contributed by atoms with Gasteiger partial charge in [-0.25, -0.2) is 4.98 Å². The van der Waals surface area contributed by atoms with E-state index >= 15 is 0 Å². The van der Waals surface area contributed by atoms with Crippen LogP contribution in [0.2, 0.25) is 0 Å². The minimum atomic E-state index is -1.01. The average molecular weight is 386 g/mol. The lowest BCUT2D eigenvalue weighted by atomic mass is 9.74. The van der Waals surface area contributed by atoms with Gasteiger partial charge in [0, 0.05) is 18.6 Å². The monoisotopic (exact) mass is 386 g/mol. The number of ether oxygens (including phenoxy) is 1. The van der Waals surface area contributed by atoms with Gasteiger partial charge in [0.2, 0.25) is 11.8 Å². The van der Waals surface area contributed by atoms with E-state index in [0.29, 0.717) is 48.5 Å². The van der Waals surface area contributed by atoms with Gasteiger partial charge in [0.25, 0.3) is 5.91 Å². The average Bonchev–Trinajstić information content (AvgIpc) is 3.35. The molecule has 0 spiro atoms. The second-order valence-electron chi connectivity index (χ2n) is 8.40. The molecule has 2 aliphatic carbocycles. The number of aromatic nitrogens is 3. The van der Waals surface area contributed by atoms with Crippen LogP contribution >= 0.6 is 0 Å². The quantitative estimate of drug-likeness (QED) is 0.752. The van der Waals surface area contributed by atoms with Crippen LogP contribution in [0.1, 0.15) is 73.7 Å². The van der Waals surface area contributed by atoms with E-state index in [-0.39, 0.29) is 5.69 Å². The van der Waals surface area contributed by atoms with Crippen molar-refractivity contribution in [2.75, 3.05) is 6.61 Å². The van der Waals surface area contributed by atoms with E-state index in [9.17, 15) is 9.90 Å². The van der Waals surface area contributed by atoms with Gasteiger partial charge < -0.3 is 19.7 Å². The van der Waals surface area contributed by atoms with E-state index in [4.69, 9.17) is 9.26 Å². The van der Waals surface area contributed by atoms with E-state index in [1.807, 2.05) is 0 Å². The largest absolute Gasteiger partial charge is 0.477 e. The van der Waals surface area contributed by atoms with Gasteiger partial charge >= 0.3 is 0 Å². The van der Waals surface area contributed by atoms with Gasteiger partial charge in [-0.2, -0.15) is 4.98 Å². The highest BCUT2D eigenvalue weighted by Crippen LogP contribution is 2.42. The number of aliphatic hydroxyl groups is 1. The van der Waals surface area contributed by atoms with Gasteiger partial charge in [0.1, 0.15) is 5.69 Å². The van der Waals surface area contributed by atoms with E-state index in [2.05, 4.69) is 20.4 Å². The number of amides is 1. The first-order valence-electron chi connectivity index (χ1n) is 9.77. The molecule has 4 rings (SSSR count). The zero-order chi connectivity index (χ0) is 19.9. The predicted octanol–water partition coefficient (Wildman–Crippen LogP) is 2.60. The first kappa shape index (κ1) is 18.9. The summed E-state index contributed by atoms with van der Waals surface area (Å²) in [5, 5.41) is 17.7. The Bertz CT molecular complexity index is 884. The number of hydrogen-bond acceptors (Lipinski definition) is 7. The van der Waals surface area contributed by atoms with Crippen LogP contribution in [0, 0.1) is 12.8 Å². The highest BCUT2D eigenvalue weighted by molar-refractivity contribution is 5.94. The minimum Gasteiger partial charge on any atom is -0.477 e. The van der Waals surface area contributed by atoms with Crippen LogP contribution in [0.3, 0.4) is 0 Å². The molecule has 0 radical (unpaired) electrons. The van der Waals surface area contributed by atoms with Crippen molar-refractivity contribution in [3.8, 4) is 5.88 Å². The summed E-state index contributed by atoms with van der Waals surface area (Å²) in [6, 6.07) is 3.49. The lowest BCUT2D eigenvalue weighted by molar-refractivity contribution is -0.0397. The molecule has 8 heteroatoms. The second-order valence-corrected chi connectivity index (χ2v) is 8.40. The van der Waals surface area contributed by atoms with Crippen molar-refractivity contribution in [3.05, 3.63) is 35.1 Å². The molecule has 8 nitrogen and oxygen atoms in total. The van der Waals surface area contributed by atoms with Crippen LogP contribution < -0.4 is 10.1 Å². The van der Waals surface area contributed by atoms with Crippen LogP contribution in [0.25, 0.3) is 0 Å².